The van der Waals surface area contributed by atoms with Gasteiger partial charge in [0.05, 0.1) is 12.2 Å². The molecule has 2 nitrogen and oxygen atoms in total. The van der Waals surface area contributed by atoms with Crippen molar-refractivity contribution >= 4 is 6.47 Å². The first-order valence-electron chi connectivity index (χ1n) is 5.19. The molecule has 0 atom stereocenters. The quantitative estimate of drug-likeness (QED) is 0.720. The van der Waals surface area contributed by atoms with Crippen molar-refractivity contribution in [3.8, 4) is 0 Å². The Labute approximate surface area is 97.4 Å². The van der Waals surface area contributed by atoms with Crippen LogP contribution in [-0.2, 0) is 22.1 Å². The van der Waals surface area contributed by atoms with Crippen molar-refractivity contribution in [1.29, 1.82) is 0 Å². The Bertz CT molecular complexity index is 361. The Morgan fingerprint density at radius 3 is 2.65 bits per heavy atom. The van der Waals surface area contributed by atoms with Crippen molar-refractivity contribution in [2.24, 2.45) is 0 Å². The topological polar surface area (TPSA) is 26.3 Å². The summed E-state index contributed by atoms with van der Waals surface area (Å²) < 4.78 is 41.5. The Kier molecular flexibility index (Phi) is 5.00. The predicted molar refractivity (Wildman–Crippen MR) is 56.0 cm³/mol. The van der Waals surface area contributed by atoms with Crippen molar-refractivity contribution in [3.05, 3.63) is 35.4 Å². The van der Waals surface area contributed by atoms with Crippen LogP contribution in [0.15, 0.2) is 24.3 Å². The lowest BCUT2D eigenvalue weighted by Crippen LogP contribution is -2.05. The molecule has 0 spiro atoms. The van der Waals surface area contributed by atoms with Crippen LogP contribution in [0.3, 0.4) is 0 Å². The first kappa shape index (κ1) is 13.5. The van der Waals surface area contributed by atoms with E-state index in [1.54, 1.807) is 6.07 Å². The minimum atomic E-state index is -4.30. The molecule has 1 aromatic carbocycles. The van der Waals surface area contributed by atoms with Gasteiger partial charge < -0.3 is 4.74 Å². The largest absolute Gasteiger partial charge is 0.457 e. The van der Waals surface area contributed by atoms with Gasteiger partial charge in [-0.15, -0.1) is 0 Å². The number of alkyl halides is 3. The number of rotatable bonds is 6. The average Bonchev–Trinajstić information content (AvgIpc) is 2.28. The highest BCUT2D eigenvalue weighted by atomic mass is 19.4. The molecule has 0 amide bonds. The summed E-state index contributed by atoms with van der Waals surface area (Å²) in [6.07, 6.45) is -2.48. The molecule has 0 aromatic heterocycles. The van der Waals surface area contributed by atoms with Gasteiger partial charge in [-0.2, -0.15) is 13.2 Å². The molecule has 0 heterocycles. The molecular weight excluding hydrogens is 233 g/mol. The second-order valence-electron chi connectivity index (χ2n) is 3.59. The van der Waals surface area contributed by atoms with Gasteiger partial charge in [-0.25, -0.2) is 4.79 Å². The molecule has 0 aliphatic heterocycles. The monoisotopic (exact) mass is 245 g/mol. The summed E-state index contributed by atoms with van der Waals surface area (Å²) >= 11 is 0. The van der Waals surface area contributed by atoms with E-state index in [1.165, 1.54) is 12.5 Å². The van der Waals surface area contributed by atoms with Crippen LogP contribution in [0.5, 0.6) is 0 Å². The molecule has 5 heteroatoms. The van der Waals surface area contributed by atoms with E-state index >= 15 is 0 Å². The molecular formula is C12H12F3O2. The number of carbonyl (C=O) groups excluding carboxylic acids is 1. The lowest BCUT2D eigenvalue weighted by Gasteiger charge is -2.08. The maximum Gasteiger partial charge on any atom is 0.417 e. The summed E-state index contributed by atoms with van der Waals surface area (Å²) in [6, 6.07) is 5.25. The molecule has 0 unspecified atom stereocenters. The summed E-state index contributed by atoms with van der Waals surface area (Å²) in [5.74, 6) is 0. The molecule has 1 rings (SSSR count). The van der Waals surface area contributed by atoms with Gasteiger partial charge in [-0.1, -0.05) is 18.2 Å². The number of hydrogen-bond donors (Lipinski definition) is 0. The minimum Gasteiger partial charge on any atom is -0.457 e. The Hall–Kier alpha value is -1.52. The second-order valence-corrected chi connectivity index (χ2v) is 3.59. The third-order valence-corrected chi connectivity index (χ3v) is 2.28. The fourth-order valence-electron chi connectivity index (χ4n) is 1.45. The van der Waals surface area contributed by atoms with Crippen LogP contribution in [0.1, 0.15) is 24.0 Å². The van der Waals surface area contributed by atoms with Crippen molar-refractivity contribution < 1.29 is 22.7 Å². The van der Waals surface area contributed by atoms with E-state index in [-0.39, 0.29) is 6.61 Å². The first-order chi connectivity index (χ1) is 8.04. The molecule has 1 radical (unpaired) electrons. The van der Waals surface area contributed by atoms with Gasteiger partial charge in [-0.05, 0) is 30.9 Å². The van der Waals surface area contributed by atoms with E-state index in [2.05, 4.69) is 4.74 Å². The lowest BCUT2D eigenvalue weighted by atomic mass is 10.1. The summed E-state index contributed by atoms with van der Waals surface area (Å²) in [5, 5.41) is 0. The highest BCUT2D eigenvalue weighted by molar-refractivity contribution is 5.38. The Morgan fingerprint density at radius 2 is 2.00 bits per heavy atom. The predicted octanol–water partition coefficient (Wildman–Crippen LogP) is 3.11. The molecule has 1 aromatic rings. The van der Waals surface area contributed by atoms with Crippen LogP contribution in [0.2, 0.25) is 0 Å². The second kappa shape index (κ2) is 6.27. The maximum atomic E-state index is 12.4. The normalized spacial score (nSPS) is 11.2. The Balaban J connectivity index is 2.46. The number of ether oxygens (including phenoxy) is 1. The van der Waals surface area contributed by atoms with E-state index in [4.69, 9.17) is 0 Å². The smallest absolute Gasteiger partial charge is 0.417 e. The molecule has 0 saturated heterocycles. The van der Waals surface area contributed by atoms with Gasteiger partial charge in [0.1, 0.15) is 0 Å². The van der Waals surface area contributed by atoms with Gasteiger partial charge in [-0.3, -0.25) is 0 Å². The number of unbranched alkanes of at least 4 members (excludes halogenated alkanes) is 1. The van der Waals surface area contributed by atoms with E-state index < -0.39 is 11.7 Å². The highest BCUT2D eigenvalue weighted by Crippen LogP contribution is 2.29. The average molecular weight is 245 g/mol. The van der Waals surface area contributed by atoms with Gasteiger partial charge in [0.2, 0.25) is 0 Å². The zero-order chi connectivity index (χ0) is 12.7. The molecule has 93 valence electrons. The van der Waals surface area contributed by atoms with Crippen molar-refractivity contribution in [1.82, 2.24) is 0 Å². The zero-order valence-corrected chi connectivity index (χ0v) is 9.09. The molecule has 0 saturated carbocycles. The zero-order valence-electron chi connectivity index (χ0n) is 9.09. The minimum absolute atomic E-state index is 0.252. The van der Waals surface area contributed by atoms with E-state index in [0.717, 1.165) is 12.1 Å². The number of halogens is 3. The highest BCUT2D eigenvalue weighted by Gasteiger charge is 2.30. The van der Waals surface area contributed by atoms with Crippen molar-refractivity contribution in [2.45, 2.75) is 25.4 Å². The molecule has 0 aliphatic carbocycles. The molecule has 0 N–H and O–H groups in total. The van der Waals surface area contributed by atoms with E-state index in [1.807, 2.05) is 0 Å². The SMILES string of the molecule is O=[C]OCCCCc1cccc(C(F)(F)F)c1. The van der Waals surface area contributed by atoms with Crippen LogP contribution in [0, 0.1) is 0 Å². The molecule has 0 aliphatic rings. The fourth-order valence-corrected chi connectivity index (χ4v) is 1.45. The maximum absolute atomic E-state index is 12.4. The van der Waals surface area contributed by atoms with E-state index in [9.17, 15) is 18.0 Å². The van der Waals surface area contributed by atoms with Crippen molar-refractivity contribution in [2.75, 3.05) is 6.61 Å². The third-order valence-electron chi connectivity index (χ3n) is 2.28. The number of aryl methyl sites for hydroxylation is 1. The standard InChI is InChI=1S/C12H12F3O2/c13-12(14,15)11-6-3-5-10(8-11)4-1-2-7-17-9-16/h3,5-6,8H,1-2,4,7H2. The van der Waals surface area contributed by atoms with Crippen LogP contribution in [0.25, 0.3) is 0 Å². The Morgan fingerprint density at radius 1 is 1.24 bits per heavy atom. The summed E-state index contributed by atoms with van der Waals surface area (Å²) in [5.41, 5.74) is 0.00221. The number of benzene rings is 1. The first-order valence-corrected chi connectivity index (χ1v) is 5.19. The van der Waals surface area contributed by atoms with Crippen LogP contribution < -0.4 is 0 Å². The number of hydrogen-bond acceptors (Lipinski definition) is 2. The van der Waals surface area contributed by atoms with Gasteiger partial charge in [0, 0.05) is 0 Å². The van der Waals surface area contributed by atoms with Gasteiger partial charge in [0.15, 0.2) is 0 Å². The van der Waals surface area contributed by atoms with Gasteiger partial charge >= 0.3 is 12.6 Å². The molecule has 0 bridgehead atoms. The fraction of sp³-hybridized carbons (Fsp3) is 0.417. The molecule has 17 heavy (non-hydrogen) atoms. The summed E-state index contributed by atoms with van der Waals surface area (Å²) in [4.78, 5) is 9.72. The lowest BCUT2D eigenvalue weighted by molar-refractivity contribution is -0.137. The third kappa shape index (κ3) is 4.89. The summed E-state index contributed by atoms with van der Waals surface area (Å²) in [7, 11) is 0. The van der Waals surface area contributed by atoms with Crippen LogP contribution in [-0.4, -0.2) is 13.1 Å². The van der Waals surface area contributed by atoms with Crippen LogP contribution >= 0.6 is 0 Å². The van der Waals surface area contributed by atoms with Gasteiger partial charge in [0.25, 0.3) is 0 Å². The van der Waals surface area contributed by atoms with Crippen LogP contribution in [0.4, 0.5) is 13.2 Å². The van der Waals surface area contributed by atoms with E-state index in [0.29, 0.717) is 24.8 Å². The summed E-state index contributed by atoms with van der Waals surface area (Å²) in [6.45, 7) is 1.55. The molecule has 0 fully saturated rings. The van der Waals surface area contributed by atoms with Crippen molar-refractivity contribution in [3.63, 3.8) is 0 Å².